The zero-order valence-electron chi connectivity index (χ0n) is 10.4. The number of rotatable bonds is 3. The van der Waals surface area contributed by atoms with Gasteiger partial charge in [0.25, 0.3) is 0 Å². The van der Waals surface area contributed by atoms with Gasteiger partial charge in [-0.1, -0.05) is 0 Å². The normalized spacial score (nSPS) is 15.3. The van der Waals surface area contributed by atoms with E-state index in [1.165, 1.54) is 23.0 Å². The number of carbonyl (C=O) groups excluding carboxylic acids is 1. The molecule has 1 aromatic carbocycles. The van der Waals surface area contributed by atoms with Crippen molar-refractivity contribution in [2.24, 2.45) is 0 Å². The molecule has 1 aromatic heterocycles. The van der Waals surface area contributed by atoms with E-state index in [4.69, 9.17) is 0 Å². The number of hydrogen-bond donors (Lipinski definition) is 0. The Morgan fingerprint density at radius 2 is 2.00 bits per heavy atom. The van der Waals surface area contributed by atoms with Gasteiger partial charge in [0.15, 0.2) is 0 Å². The van der Waals surface area contributed by atoms with Crippen LogP contribution < -0.4 is 0 Å². The van der Waals surface area contributed by atoms with Crippen LogP contribution in [0, 0.1) is 0 Å². The molecule has 0 atom stereocenters. The van der Waals surface area contributed by atoms with Crippen LogP contribution in [-0.2, 0) is 6.18 Å². The fourth-order valence-corrected chi connectivity index (χ4v) is 2.12. The molecule has 6 heteroatoms. The zero-order chi connectivity index (χ0) is 14.3. The van der Waals surface area contributed by atoms with E-state index >= 15 is 0 Å². The topological polar surface area (TPSA) is 34.9 Å². The first-order valence-electron chi connectivity index (χ1n) is 6.21. The minimum absolute atomic E-state index is 0.00403. The van der Waals surface area contributed by atoms with Gasteiger partial charge in [-0.2, -0.15) is 18.3 Å². The molecular formula is C14H11F3N2O. The zero-order valence-corrected chi connectivity index (χ0v) is 10.4. The van der Waals surface area contributed by atoms with Gasteiger partial charge >= 0.3 is 6.18 Å². The van der Waals surface area contributed by atoms with Crippen LogP contribution in [0.15, 0.2) is 30.5 Å². The first-order chi connectivity index (χ1) is 9.49. The second-order valence-electron chi connectivity index (χ2n) is 4.85. The van der Waals surface area contributed by atoms with Crippen LogP contribution in [0.1, 0.15) is 40.4 Å². The lowest BCUT2D eigenvalue weighted by Gasteiger charge is -2.13. The number of aldehydes is 1. The quantitative estimate of drug-likeness (QED) is 0.805. The first-order valence-corrected chi connectivity index (χ1v) is 6.21. The third-order valence-electron chi connectivity index (χ3n) is 3.31. The van der Waals surface area contributed by atoms with Gasteiger partial charge < -0.3 is 0 Å². The molecule has 1 heterocycles. The summed E-state index contributed by atoms with van der Waals surface area (Å²) in [6.45, 7) is 0. The first kappa shape index (κ1) is 12.9. The van der Waals surface area contributed by atoms with E-state index in [1.54, 1.807) is 6.07 Å². The molecule has 1 saturated carbocycles. The number of halogens is 3. The second kappa shape index (κ2) is 4.47. The van der Waals surface area contributed by atoms with Gasteiger partial charge in [-0.25, -0.2) is 4.68 Å². The van der Waals surface area contributed by atoms with E-state index in [0.29, 0.717) is 12.2 Å². The van der Waals surface area contributed by atoms with E-state index in [9.17, 15) is 18.0 Å². The molecule has 2 aromatic rings. The molecule has 3 nitrogen and oxygen atoms in total. The second-order valence-corrected chi connectivity index (χ2v) is 4.85. The molecule has 1 aliphatic rings. The summed E-state index contributed by atoms with van der Waals surface area (Å²) in [6.07, 6.45) is -0.531. The van der Waals surface area contributed by atoms with Gasteiger partial charge in [-0.15, -0.1) is 0 Å². The largest absolute Gasteiger partial charge is 0.418 e. The highest BCUT2D eigenvalue weighted by molar-refractivity contribution is 5.76. The lowest BCUT2D eigenvalue weighted by Crippen LogP contribution is -2.12. The molecule has 20 heavy (non-hydrogen) atoms. The Kier molecular flexibility index (Phi) is 2.88. The number of aromatic nitrogens is 2. The van der Waals surface area contributed by atoms with Gasteiger partial charge in [0.2, 0.25) is 0 Å². The van der Waals surface area contributed by atoms with Crippen molar-refractivity contribution in [2.45, 2.75) is 24.9 Å². The molecule has 0 spiro atoms. The van der Waals surface area contributed by atoms with Crippen molar-refractivity contribution in [1.82, 2.24) is 9.78 Å². The van der Waals surface area contributed by atoms with Gasteiger partial charge in [0.05, 0.1) is 16.9 Å². The fourth-order valence-electron chi connectivity index (χ4n) is 2.12. The van der Waals surface area contributed by atoms with Crippen LogP contribution in [0.5, 0.6) is 0 Å². The molecule has 0 saturated heterocycles. The summed E-state index contributed by atoms with van der Waals surface area (Å²) in [4.78, 5) is 10.6. The Morgan fingerprint density at radius 3 is 2.60 bits per heavy atom. The number of nitrogens with zero attached hydrogens (tertiary/aromatic N) is 2. The minimum Gasteiger partial charge on any atom is -0.298 e. The predicted octanol–water partition coefficient (Wildman–Crippen LogP) is 3.58. The Morgan fingerprint density at radius 1 is 1.25 bits per heavy atom. The van der Waals surface area contributed by atoms with Crippen LogP contribution in [0.25, 0.3) is 5.69 Å². The predicted molar refractivity (Wildman–Crippen MR) is 65.9 cm³/mol. The lowest BCUT2D eigenvalue weighted by molar-refractivity contribution is -0.137. The van der Waals surface area contributed by atoms with Crippen LogP contribution in [0.4, 0.5) is 13.2 Å². The maximum absolute atomic E-state index is 13.1. The Balaban J connectivity index is 2.08. The molecule has 0 amide bonds. The standard InChI is InChI=1S/C14H11F3N2O/c15-14(16,17)11-7-9(8-20)1-4-13(11)19-6-5-12(18-19)10-2-3-10/h1,4-8,10H,2-3H2. The highest BCUT2D eigenvalue weighted by Gasteiger charge is 2.35. The Bertz CT molecular complexity index is 657. The van der Waals surface area contributed by atoms with Crippen molar-refractivity contribution in [1.29, 1.82) is 0 Å². The van der Waals surface area contributed by atoms with Crippen molar-refractivity contribution in [3.05, 3.63) is 47.3 Å². The molecule has 1 aliphatic carbocycles. The number of benzene rings is 1. The number of carbonyl (C=O) groups is 1. The van der Waals surface area contributed by atoms with E-state index in [0.717, 1.165) is 24.6 Å². The van der Waals surface area contributed by atoms with Crippen LogP contribution in [0.3, 0.4) is 0 Å². The van der Waals surface area contributed by atoms with E-state index in [-0.39, 0.29) is 11.3 Å². The van der Waals surface area contributed by atoms with E-state index in [2.05, 4.69) is 5.10 Å². The lowest BCUT2D eigenvalue weighted by atomic mass is 10.1. The van der Waals surface area contributed by atoms with Gasteiger partial charge in [0, 0.05) is 17.7 Å². The maximum atomic E-state index is 13.1. The molecule has 0 bridgehead atoms. The summed E-state index contributed by atoms with van der Waals surface area (Å²) < 4.78 is 40.4. The molecule has 104 valence electrons. The van der Waals surface area contributed by atoms with Crippen LogP contribution in [0.2, 0.25) is 0 Å². The smallest absolute Gasteiger partial charge is 0.298 e. The van der Waals surface area contributed by atoms with Gasteiger partial charge in [0.1, 0.15) is 6.29 Å². The summed E-state index contributed by atoms with van der Waals surface area (Å²) in [5, 5.41) is 4.20. The van der Waals surface area contributed by atoms with Crippen molar-refractivity contribution in [3.8, 4) is 5.69 Å². The molecular weight excluding hydrogens is 269 g/mol. The average molecular weight is 280 g/mol. The van der Waals surface area contributed by atoms with Crippen LogP contribution in [-0.4, -0.2) is 16.1 Å². The van der Waals surface area contributed by atoms with Crippen molar-refractivity contribution >= 4 is 6.29 Å². The summed E-state index contributed by atoms with van der Waals surface area (Å²) in [6, 6.07) is 5.22. The monoisotopic (exact) mass is 280 g/mol. The third kappa shape index (κ3) is 2.33. The average Bonchev–Trinajstić information content (AvgIpc) is 3.15. The maximum Gasteiger partial charge on any atom is 0.418 e. The van der Waals surface area contributed by atoms with Crippen molar-refractivity contribution in [3.63, 3.8) is 0 Å². The highest BCUT2D eigenvalue weighted by atomic mass is 19.4. The van der Waals surface area contributed by atoms with Gasteiger partial charge in [-0.3, -0.25) is 4.79 Å². The van der Waals surface area contributed by atoms with E-state index < -0.39 is 11.7 Å². The minimum atomic E-state index is -4.53. The summed E-state index contributed by atoms with van der Waals surface area (Å²) in [5.74, 6) is 0.375. The number of alkyl halides is 3. The van der Waals surface area contributed by atoms with Crippen molar-refractivity contribution < 1.29 is 18.0 Å². The van der Waals surface area contributed by atoms with Gasteiger partial charge in [-0.05, 0) is 37.1 Å². The SMILES string of the molecule is O=Cc1ccc(-n2ccc(C3CC3)n2)c(C(F)(F)F)c1. The highest BCUT2D eigenvalue weighted by Crippen LogP contribution is 2.40. The summed E-state index contributed by atoms with van der Waals surface area (Å²) in [7, 11) is 0. The van der Waals surface area contributed by atoms with E-state index in [1.807, 2.05) is 0 Å². The Labute approximate surface area is 113 Å². The molecule has 0 unspecified atom stereocenters. The number of hydrogen-bond acceptors (Lipinski definition) is 2. The molecule has 0 N–H and O–H groups in total. The molecule has 0 radical (unpaired) electrons. The Hall–Kier alpha value is -2.11. The summed E-state index contributed by atoms with van der Waals surface area (Å²) >= 11 is 0. The third-order valence-corrected chi connectivity index (χ3v) is 3.31. The molecule has 3 rings (SSSR count). The summed E-state index contributed by atoms with van der Waals surface area (Å²) in [5.41, 5.74) is -0.101. The van der Waals surface area contributed by atoms with Crippen LogP contribution >= 0.6 is 0 Å². The van der Waals surface area contributed by atoms with Crippen molar-refractivity contribution in [2.75, 3.05) is 0 Å². The molecule has 0 aliphatic heterocycles. The molecule has 1 fully saturated rings. The fraction of sp³-hybridized carbons (Fsp3) is 0.286.